The summed E-state index contributed by atoms with van der Waals surface area (Å²) < 4.78 is 10.7. The molecule has 1 aliphatic heterocycles. The molecule has 0 spiro atoms. The van der Waals surface area contributed by atoms with E-state index in [1.165, 1.54) is 24.4 Å². The zero-order valence-corrected chi connectivity index (χ0v) is 17.2. The van der Waals surface area contributed by atoms with Gasteiger partial charge in [-0.25, -0.2) is 5.43 Å². The van der Waals surface area contributed by atoms with E-state index in [-0.39, 0.29) is 29.6 Å². The molecule has 4 rings (SSSR count). The number of benzene rings is 3. The number of carbonyl (C=O) groups excluding carboxylic acids is 2. The van der Waals surface area contributed by atoms with Gasteiger partial charge in [-0.15, -0.1) is 0 Å². The Kier molecular flexibility index (Phi) is 6.21. The fourth-order valence-electron chi connectivity index (χ4n) is 2.97. The number of phenolic OH excluding ortho intramolecular Hbond substituents is 2. The highest BCUT2D eigenvalue weighted by molar-refractivity contribution is 6.05. The lowest BCUT2D eigenvalue weighted by Gasteiger charge is -2.09. The van der Waals surface area contributed by atoms with E-state index in [1.54, 1.807) is 48.5 Å². The summed E-state index contributed by atoms with van der Waals surface area (Å²) in [7, 11) is 0. The van der Waals surface area contributed by atoms with Crippen molar-refractivity contribution in [2.45, 2.75) is 0 Å². The molecule has 1 heterocycles. The molecule has 0 aliphatic carbocycles. The van der Waals surface area contributed by atoms with Crippen molar-refractivity contribution in [1.82, 2.24) is 10.7 Å². The summed E-state index contributed by atoms with van der Waals surface area (Å²) >= 11 is 0. The average Bonchev–Trinajstić information content (AvgIpc) is 3.28. The van der Waals surface area contributed by atoms with Gasteiger partial charge in [0.25, 0.3) is 11.8 Å². The van der Waals surface area contributed by atoms with Crippen molar-refractivity contribution < 1.29 is 29.3 Å². The Morgan fingerprint density at radius 2 is 1.73 bits per heavy atom. The summed E-state index contributed by atoms with van der Waals surface area (Å²) in [6.45, 7) is 0.111. The summed E-state index contributed by atoms with van der Waals surface area (Å²) in [5.41, 5.74) is 3.51. The molecule has 1 aliphatic rings. The number of nitrogens with one attached hydrogen (secondary N) is 2. The van der Waals surface area contributed by atoms with Crippen LogP contribution < -0.4 is 20.2 Å². The number of carbonyl (C=O) groups is 2. The van der Waals surface area contributed by atoms with E-state index < -0.39 is 11.8 Å². The van der Waals surface area contributed by atoms with Crippen LogP contribution in [0.15, 0.2) is 77.5 Å². The molecular formula is C24H19N3O6. The van der Waals surface area contributed by atoms with Gasteiger partial charge >= 0.3 is 0 Å². The molecule has 3 aromatic carbocycles. The van der Waals surface area contributed by atoms with Gasteiger partial charge in [0.2, 0.25) is 6.79 Å². The molecule has 0 atom stereocenters. The monoisotopic (exact) mass is 445 g/mol. The quantitative estimate of drug-likeness (QED) is 0.262. The van der Waals surface area contributed by atoms with Crippen molar-refractivity contribution in [1.29, 1.82) is 0 Å². The SMILES string of the molecule is O=C(N/N=C\c1ccc(O)cc1O)/C(=C\c1ccc2c(c1)OCO2)NC(=O)c1ccccc1. The van der Waals surface area contributed by atoms with Crippen LogP contribution in [0.25, 0.3) is 6.08 Å². The number of nitrogens with zero attached hydrogens (tertiary/aromatic N) is 1. The summed E-state index contributed by atoms with van der Waals surface area (Å²) in [6, 6.07) is 17.5. The Morgan fingerprint density at radius 3 is 2.52 bits per heavy atom. The van der Waals surface area contributed by atoms with Gasteiger partial charge in [-0.1, -0.05) is 24.3 Å². The first kappa shape index (κ1) is 21.4. The zero-order valence-electron chi connectivity index (χ0n) is 17.2. The molecule has 2 amide bonds. The number of ether oxygens (including phenoxy) is 2. The van der Waals surface area contributed by atoms with Crippen LogP contribution in [0.2, 0.25) is 0 Å². The van der Waals surface area contributed by atoms with E-state index in [0.717, 1.165) is 6.07 Å². The fourth-order valence-corrected chi connectivity index (χ4v) is 2.97. The molecule has 9 nitrogen and oxygen atoms in total. The highest BCUT2D eigenvalue weighted by Gasteiger charge is 2.17. The lowest BCUT2D eigenvalue weighted by Crippen LogP contribution is -2.32. The van der Waals surface area contributed by atoms with Crippen molar-refractivity contribution in [3.05, 3.63) is 89.1 Å². The minimum absolute atomic E-state index is 0.0604. The van der Waals surface area contributed by atoms with Gasteiger partial charge in [-0.2, -0.15) is 5.10 Å². The fraction of sp³-hybridized carbons (Fsp3) is 0.0417. The maximum absolute atomic E-state index is 12.8. The lowest BCUT2D eigenvalue weighted by molar-refractivity contribution is -0.117. The Bertz CT molecular complexity index is 1250. The van der Waals surface area contributed by atoms with E-state index in [4.69, 9.17) is 9.47 Å². The van der Waals surface area contributed by atoms with Crippen LogP contribution in [0, 0.1) is 0 Å². The molecule has 0 unspecified atom stereocenters. The number of amides is 2. The predicted molar refractivity (Wildman–Crippen MR) is 120 cm³/mol. The summed E-state index contributed by atoms with van der Waals surface area (Å²) in [4.78, 5) is 25.4. The maximum Gasteiger partial charge on any atom is 0.287 e. The molecule has 166 valence electrons. The molecule has 0 saturated carbocycles. The molecule has 0 saturated heterocycles. The second-order valence-electron chi connectivity index (χ2n) is 6.93. The van der Waals surface area contributed by atoms with Crippen LogP contribution in [0.1, 0.15) is 21.5 Å². The number of phenols is 2. The number of rotatable bonds is 6. The van der Waals surface area contributed by atoms with E-state index in [0.29, 0.717) is 22.6 Å². The molecule has 9 heteroatoms. The Balaban J connectivity index is 1.56. The summed E-state index contributed by atoms with van der Waals surface area (Å²) in [5.74, 6) is -0.361. The summed E-state index contributed by atoms with van der Waals surface area (Å²) in [5, 5.41) is 25.6. The second kappa shape index (κ2) is 9.56. The molecular weight excluding hydrogens is 426 g/mol. The van der Waals surface area contributed by atoms with Crippen molar-refractivity contribution in [2.24, 2.45) is 5.10 Å². The van der Waals surface area contributed by atoms with Gasteiger partial charge in [0.1, 0.15) is 17.2 Å². The van der Waals surface area contributed by atoms with Crippen LogP contribution in [0.4, 0.5) is 0 Å². The van der Waals surface area contributed by atoms with E-state index in [2.05, 4.69) is 15.8 Å². The van der Waals surface area contributed by atoms with Crippen molar-refractivity contribution >= 4 is 24.1 Å². The van der Waals surface area contributed by atoms with Gasteiger partial charge in [-0.05, 0) is 48.0 Å². The molecule has 3 aromatic rings. The van der Waals surface area contributed by atoms with Crippen LogP contribution in [0.3, 0.4) is 0 Å². The van der Waals surface area contributed by atoms with Crippen molar-refractivity contribution in [3.8, 4) is 23.0 Å². The first-order chi connectivity index (χ1) is 16.0. The predicted octanol–water partition coefficient (Wildman–Crippen LogP) is 2.75. The highest BCUT2D eigenvalue weighted by Crippen LogP contribution is 2.33. The Morgan fingerprint density at radius 1 is 0.939 bits per heavy atom. The number of aromatic hydroxyl groups is 2. The number of fused-ring (bicyclic) bond motifs is 1. The molecule has 0 bridgehead atoms. The molecule has 4 N–H and O–H groups in total. The third kappa shape index (κ3) is 5.28. The van der Waals surface area contributed by atoms with Crippen LogP contribution in [-0.4, -0.2) is 35.0 Å². The van der Waals surface area contributed by atoms with Gasteiger partial charge in [0.05, 0.1) is 6.21 Å². The maximum atomic E-state index is 12.8. The van der Waals surface area contributed by atoms with Crippen LogP contribution in [-0.2, 0) is 4.79 Å². The average molecular weight is 445 g/mol. The Labute approximate surface area is 188 Å². The van der Waals surface area contributed by atoms with Crippen molar-refractivity contribution in [3.63, 3.8) is 0 Å². The minimum atomic E-state index is -0.688. The first-order valence-corrected chi connectivity index (χ1v) is 9.83. The van der Waals surface area contributed by atoms with Crippen LogP contribution in [0.5, 0.6) is 23.0 Å². The number of hydrogen-bond acceptors (Lipinski definition) is 7. The molecule has 0 radical (unpaired) electrons. The Hall–Kier alpha value is -4.79. The smallest absolute Gasteiger partial charge is 0.287 e. The molecule has 33 heavy (non-hydrogen) atoms. The lowest BCUT2D eigenvalue weighted by atomic mass is 10.1. The molecule has 0 aromatic heterocycles. The second-order valence-corrected chi connectivity index (χ2v) is 6.93. The normalized spacial score (nSPS) is 12.5. The van der Waals surface area contributed by atoms with Crippen molar-refractivity contribution in [2.75, 3.05) is 6.79 Å². The third-order valence-electron chi connectivity index (χ3n) is 4.62. The van der Waals surface area contributed by atoms with Gasteiger partial charge in [0, 0.05) is 17.2 Å². The van der Waals surface area contributed by atoms with E-state index in [9.17, 15) is 19.8 Å². The number of hydrogen-bond donors (Lipinski definition) is 4. The highest BCUT2D eigenvalue weighted by atomic mass is 16.7. The van der Waals surface area contributed by atoms with E-state index in [1.807, 2.05) is 0 Å². The van der Waals surface area contributed by atoms with Gasteiger partial charge in [-0.3, -0.25) is 9.59 Å². The molecule has 0 fully saturated rings. The summed E-state index contributed by atoms with van der Waals surface area (Å²) in [6.07, 6.45) is 2.69. The zero-order chi connectivity index (χ0) is 23.2. The topological polar surface area (TPSA) is 129 Å². The van der Waals surface area contributed by atoms with Gasteiger partial charge < -0.3 is 25.0 Å². The van der Waals surface area contributed by atoms with E-state index >= 15 is 0 Å². The number of hydrazone groups is 1. The van der Waals surface area contributed by atoms with Gasteiger partial charge in [0.15, 0.2) is 11.5 Å². The minimum Gasteiger partial charge on any atom is -0.508 e. The largest absolute Gasteiger partial charge is 0.508 e. The standard InChI is InChI=1S/C24H19N3O6/c28-18-8-7-17(20(29)12-18)13-25-27-24(31)19(26-23(30)16-4-2-1-3-5-16)10-15-6-9-21-22(11-15)33-14-32-21/h1-13,28-29H,14H2,(H,26,30)(H,27,31)/b19-10+,25-13-. The van der Waals surface area contributed by atoms with Crippen LogP contribution >= 0.6 is 0 Å². The third-order valence-corrected chi connectivity index (χ3v) is 4.62. The first-order valence-electron chi connectivity index (χ1n) is 9.83.